The smallest absolute Gasteiger partial charge is 0.108 e. The minimum Gasteiger partial charge on any atom is -0.375 e. The number of hydrogen-bond donors (Lipinski definition) is 0. The lowest BCUT2D eigenvalue weighted by atomic mass is 10.1. The maximum absolute atomic E-state index is 5.44. The molecule has 0 aliphatic rings. The van der Waals surface area contributed by atoms with Gasteiger partial charge in [-0.15, -0.1) is 5.10 Å². The van der Waals surface area contributed by atoms with Gasteiger partial charge in [0.1, 0.15) is 5.69 Å². The van der Waals surface area contributed by atoms with Gasteiger partial charge in [-0.1, -0.05) is 51.2 Å². The van der Waals surface area contributed by atoms with E-state index in [4.69, 9.17) is 4.74 Å². The van der Waals surface area contributed by atoms with E-state index in [1.807, 2.05) is 10.9 Å². The van der Waals surface area contributed by atoms with E-state index in [1.54, 1.807) is 0 Å². The molecule has 1 aromatic rings. The van der Waals surface area contributed by atoms with Crippen molar-refractivity contribution in [3.05, 3.63) is 11.9 Å². The predicted octanol–water partition coefficient (Wildman–Crippen LogP) is 3.57. The van der Waals surface area contributed by atoms with Gasteiger partial charge in [-0.05, 0) is 12.8 Å². The van der Waals surface area contributed by atoms with Crippen molar-refractivity contribution in [3.8, 4) is 0 Å². The number of nitrogens with zero attached hydrogens (tertiary/aromatic N) is 3. The van der Waals surface area contributed by atoms with Crippen LogP contribution >= 0.6 is 0 Å². The number of unbranched alkanes of at least 4 members (excludes halogenated alkanes) is 5. The summed E-state index contributed by atoms with van der Waals surface area (Å²) in [5, 5.41) is 8.22. The average molecular weight is 253 g/mol. The molecule has 0 bridgehead atoms. The molecule has 0 atom stereocenters. The molecule has 4 nitrogen and oxygen atoms in total. The van der Waals surface area contributed by atoms with Crippen molar-refractivity contribution in [1.29, 1.82) is 0 Å². The van der Waals surface area contributed by atoms with Gasteiger partial charge in [-0.25, -0.2) is 0 Å². The molecule has 0 N–H and O–H groups in total. The van der Waals surface area contributed by atoms with Gasteiger partial charge < -0.3 is 4.74 Å². The van der Waals surface area contributed by atoms with Crippen LogP contribution in [-0.2, 0) is 17.9 Å². The average Bonchev–Trinajstić information content (AvgIpc) is 2.82. The van der Waals surface area contributed by atoms with Crippen molar-refractivity contribution in [1.82, 2.24) is 15.0 Å². The molecule has 1 aromatic heterocycles. The summed E-state index contributed by atoms with van der Waals surface area (Å²) in [7, 11) is 0. The topological polar surface area (TPSA) is 39.9 Å². The van der Waals surface area contributed by atoms with E-state index >= 15 is 0 Å². The Labute approximate surface area is 111 Å². The first kappa shape index (κ1) is 15.2. The Morgan fingerprint density at radius 2 is 1.83 bits per heavy atom. The molecule has 0 saturated heterocycles. The van der Waals surface area contributed by atoms with Crippen LogP contribution in [0.1, 0.15) is 64.5 Å². The molecule has 0 aliphatic heterocycles. The Balaban J connectivity index is 2.07. The van der Waals surface area contributed by atoms with E-state index < -0.39 is 0 Å². The molecule has 1 rings (SSSR count). The third-order valence-corrected chi connectivity index (χ3v) is 2.93. The lowest BCUT2D eigenvalue weighted by Crippen LogP contribution is -1.98. The highest BCUT2D eigenvalue weighted by Crippen LogP contribution is 2.06. The number of aryl methyl sites for hydroxylation is 1. The molecule has 104 valence electrons. The quantitative estimate of drug-likeness (QED) is 0.566. The highest BCUT2D eigenvalue weighted by molar-refractivity contribution is 4.89. The first-order valence-electron chi connectivity index (χ1n) is 7.33. The number of ether oxygens (including phenoxy) is 1. The van der Waals surface area contributed by atoms with Crippen LogP contribution in [0.4, 0.5) is 0 Å². The first-order valence-corrected chi connectivity index (χ1v) is 7.33. The summed E-state index contributed by atoms with van der Waals surface area (Å²) in [6.45, 7) is 6.72. The van der Waals surface area contributed by atoms with Crippen LogP contribution in [0.2, 0.25) is 0 Å². The Kier molecular flexibility index (Phi) is 8.47. The van der Waals surface area contributed by atoms with E-state index in [-0.39, 0.29) is 0 Å². The first-order chi connectivity index (χ1) is 8.86. The van der Waals surface area contributed by atoms with Crippen molar-refractivity contribution >= 4 is 0 Å². The summed E-state index contributed by atoms with van der Waals surface area (Å²) in [6.07, 6.45) is 10.9. The third kappa shape index (κ3) is 6.74. The summed E-state index contributed by atoms with van der Waals surface area (Å²) < 4.78 is 7.37. The van der Waals surface area contributed by atoms with Crippen molar-refractivity contribution in [2.45, 2.75) is 71.9 Å². The number of hydrogen-bond acceptors (Lipinski definition) is 3. The van der Waals surface area contributed by atoms with Crippen molar-refractivity contribution in [2.75, 3.05) is 6.61 Å². The molecular weight excluding hydrogens is 226 g/mol. The fourth-order valence-electron chi connectivity index (χ4n) is 1.89. The summed E-state index contributed by atoms with van der Waals surface area (Å²) in [5.41, 5.74) is 0.939. The van der Waals surface area contributed by atoms with E-state index in [0.29, 0.717) is 6.61 Å². The van der Waals surface area contributed by atoms with Gasteiger partial charge in [0, 0.05) is 13.2 Å². The van der Waals surface area contributed by atoms with Crippen LogP contribution in [0.15, 0.2) is 6.20 Å². The second kappa shape index (κ2) is 10.1. The molecule has 0 fully saturated rings. The monoisotopic (exact) mass is 253 g/mol. The molecule has 0 spiro atoms. The van der Waals surface area contributed by atoms with Gasteiger partial charge in [0.15, 0.2) is 0 Å². The number of aromatic nitrogens is 3. The SMILES string of the molecule is CCCCCCCCn1cc(COCCC)nn1. The maximum atomic E-state index is 5.44. The van der Waals surface area contributed by atoms with E-state index in [1.165, 1.54) is 38.5 Å². The minimum atomic E-state index is 0.588. The predicted molar refractivity (Wildman–Crippen MR) is 73.3 cm³/mol. The maximum Gasteiger partial charge on any atom is 0.108 e. The van der Waals surface area contributed by atoms with Gasteiger partial charge in [-0.2, -0.15) is 0 Å². The Bertz CT molecular complexity index is 299. The van der Waals surface area contributed by atoms with Crippen LogP contribution in [-0.4, -0.2) is 21.6 Å². The van der Waals surface area contributed by atoms with E-state index in [9.17, 15) is 0 Å². The fourth-order valence-corrected chi connectivity index (χ4v) is 1.89. The lowest BCUT2D eigenvalue weighted by Gasteiger charge is -2.00. The molecule has 0 saturated carbocycles. The van der Waals surface area contributed by atoms with E-state index in [0.717, 1.165) is 25.3 Å². The van der Waals surface area contributed by atoms with Crippen LogP contribution in [0.3, 0.4) is 0 Å². The molecule has 4 heteroatoms. The second-order valence-electron chi connectivity index (χ2n) is 4.79. The molecule has 18 heavy (non-hydrogen) atoms. The van der Waals surface area contributed by atoms with E-state index in [2.05, 4.69) is 24.2 Å². The molecular formula is C14H27N3O. The second-order valence-corrected chi connectivity index (χ2v) is 4.79. The molecule has 1 heterocycles. The highest BCUT2D eigenvalue weighted by Gasteiger charge is 2.00. The zero-order valence-electron chi connectivity index (χ0n) is 11.9. The zero-order valence-corrected chi connectivity index (χ0v) is 11.9. The van der Waals surface area contributed by atoms with Crippen molar-refractivity contribution in [3.63, 3.8) is 0 Å². The third-order valence-electron chi connectivity index (χ3n) is 2.93. The molecule has 0 radical (unpaired) electrons. The molecule has 0 amide bonds. The summed E-state index contributed by atoms with van der Waals surface area (Å²) in [5.74, 6) is 0. The van der Waals surface area contributed by atoms with Gasteiger partial charge in [-0.3, -0.25) is 4.68 Å². The van der Waals surface area contributed by atoms with Gasteiger partial charge in [0.05, 0.1) is 12.8 Å². The summed E-state index contributed by atoms with van der Waals surface area (Å²) in [4.78, 5) is 0. The summed E-state index contributed by atoms with van der Waals surface area (Å²) in [6, 6.07) is 0. The number of rotatable bonds is 11. The van der Waals surface area contributed by atoms with Gasteiger partial charge in [0.2, 0.25) is 0 Å². The summed E-state index contributed by atoms with van der Waals surface area (Å²) >= 11 is 0. The molecule has 0 aliphatic carbocycles. The Morgan fingerprint density at radius 1 is 1.06 bits per heavy atom. The zero-order chi connectivity index (χ0) is 13.1. The lowest BCUT2D eigenvalue weighted by molar-refractivity contribution is 0.119. The van der Waals surface area contributed by atoms with Crippen molar-refractivity contribution < 1.29 is 4.74 Å². The van der Waals surface area contributed by atoms with Crippen LogP contribution in [0.5, 0.6) is 0 Å². The highest BCUT2D eigenvalue weighted by atomic mass is 16.5. The molecule has 0 unspecified atom stereocenters. The normalized spacial score (nSPS) is 11.0. The molecule has 0 aromatic carbocycles. The Morgan fingerprint density at radius 3 is 2.61 bits per heavy atom. The largest absolute Gasteiger partial charge is 0.375 e. The van der Waals surface area contributed by atoms with Crippen molar-refractivity contribution in [2.24, 2.45) is 0 Å². The minimum absolute atomic E-state index is 0.588. The fraction of sp³-hybridized carbons (Fsp3) is 0.857. The van der Waals surface area contributed by atoms with Crippen LogP contribution in [0.25, 0.3) is 0 Å². The standard InChI is InChI=1S/C14H27N3O/c1-3-5-6-7-8-9-10-17-12-14(15-16-17)13-18-11-4-2/h12H,3-11,13H2,1-2H3. The van der Waals surface area contributed by atoms with Gasteiger partial charge >= 0.3 is 0 Å². The van der Waals surface area contributed by atoms with Crippen LogP contribution < -0.4 is 0 Å². The Hall–Kier alpha value is -0.900. The van der Waals surface area contributed by atoms with Gasteiger partial charge in [0.25, 0.3) is 0 Å². The van der Waals surface area contributed by atoms with Crippen LogP contribution in [0, 0.1) is 0 Å².